The molecule has 0 spiro atoms. The van der Waals surface area contributed by atoms with Crippen LogP contribution in [-0.4, -0.2) is 45.8 Å². The lowest BCUT2D eigenvalue weighted by atomic mass is 9.98. The van der Waals surface area contributed by atoms with E-state index in [1.165, 1.54) is 35.5 Å². The van der Waals surface area contributed by atoms with Gasteiger partial charge in [-0.3, -0.25) is 14.5 Å². The van der Waals surface area contributed by atoms with Crippen LogP contribution in [0.4, 0.5) is 5.13 Å². The lowest BCUT2D eigenvalue weighted by Gasteiger charge is -2.24. The van der Waals surface area contributed by atoms with Gasteiger partial charge < -0.3 is 14.8 Å². The number of ether oxygens (including phenoxy) is 2. The zero-order valence-electron chi connectivity index (χ0n) is 22.2. The standard InChI is InChI=1S/C29H27Cl2N3O4S3/c1-37-24-13-18(8-10-23(24)38-19-5-3-2-4-6-19)14-25-27(36)34(29(39)41-25)16-26(35)33-28-32-15-20(40-28)11-17-7-9-21(30)22(31)12-17/h7-10,12-15,19H,2-6,11,16H2,1H3,(H,32,33,35)/b25-14-. The number of thiazole rings is 1. The van der Waals surface area contributed by atoms with Crippen molar-refractivity contribution in [1.82, 2.24) is 9.88 Å². The maximum Gasteiger partial charge on any atom is 0.266 e. The highest BCUT2D eigenvalue weighted by molar-refractivity contribution is 8.26. The lowest BCUT2D eigenvalue weighted by Crippen LogP contribution is -2.36. The molecule has 1 N–H and O–H groups in total. The Balaban J connectivity index is 1.19. The van der Waals surface area contributed by atoms with E-state index in [9.17, 15) is 9.59 Å². The molecule has 7 nitrogen and oxygen atoms in total. The van der Waals surface area contributed by atoms with E-state index < -0.39 is 0 Å². The van der Waals surface area contributed by atoms with E-state index in [4.69, 9.17) is 44.9 Å². The predicted molar refractivity (Wildman–Crippen MR) is 170 cm³/mol. The largest absolute Gasteiger partial charge is 0.493 e. The highest BCUT2D eigenvalue weighted by Gasteiger charge is 2.33. The molecule has 12 heteroatoms. The van der Waals surface area contributed by atoms with Gasteiger partial charge in [0.05, 0.1) is 28.2 Å². The number of aromatic nitrogens is 1. The van der Waals surface area contributed by atoms with E-state index >= 15 is 0 Å². The number of hydrogen-bond donors (Lipinski definition) is 1. The van der Waals surface area contributed by atoms with Gasteiger partial charge in [-0.05, 0) is 67.2 Å². The Morgan fingerprint density at radius 1 is 1.15 bits per heavy atom. The highest BCUT2D eigenvalue weighted by Crippen LogP contribution is 2.36. The molecular weight excluding hydrogens is 621 g/mol. The summed E-state index contributed by atoms with van der Waals surface area (Å²) in [5, 5.41) is 4.18. The Morgan fingerprint density at radius 3 is 2.71 bits per heavy atom. The third-order valence-corrected chi connectivity index (χ3v) is 9.70. The molecule has 2 fully saturated rings. The smallest absolute Gasteiger partial charge is 0.266 e. The zero-order valence-corrected chi connectivity index (χ0v) is 26.1. The van der Waals surface area contributed by atoms with E-state index in [2.05, 4.69) is 10.3 Å². The molecule has 0 unspecified atom stereocenters. The summed E-state index contributed by atoms with van der Waals surface area (Å²) in [6, 6.07) is 11.0. The maximum atomic E-state index is 13.1. The molecule has 1 aromatic heterocycles. The number of halogens is 2. The molecule has 0 radical (unpaired) electrons. The van der Waals surface area contributed by atoms with Gasteiger partial charge in [-0.2, -0.15) is 0 Å². The summed E-state index contributed by atoms with van der Waals surface area (Å²) in [6.07, 6.45) is 9.94. The van der Waals surface area contributed by atoms with Crippen molar-refractivity contribution in [2.75, 3.05) is 19.0 Å². The molecule has 1 saturated heterocycles. The van der Waals surface area contributed by atoms with E-state index in [0.29, 0.717) is 42.3 Å². The minimum atomic E-state index is -0.385. The Hall–Kier alpha value is -2.63. The number of thioether (sulfide) groups is 1. The molecule has 0 bridgehead atoms. The minimum absolute atomic E-state index is 0.199. The van der Waals surface area contributed by atoms with Gasteiger partial charge in [0.2, 0.25) is 5.91 Å². The Morgan fingerprint density at radius 2 is 1.95 bits per heavy atom. The topological polar surface area (TPSA) is 80.8 Å². The number of benzene rings is 2. The zero-order chi connectivity index (χ0) is 28.9. The second kappa shape index (κ2) is 13.6. The first kappa shape index (κ1) is 29.8. The van der Waals surface area contributed by atoms with Crippen LogP contribution in [0.25, 0.3) is 6.08 Å². The number of hydrogen-bond acceptors (Lipinski definition) is 8. The molecule has 3 aromatic rings. The van der Waals surface area contributed by atoms with Gasteiger partial charge in [0, 0.05) is 17.5 Å². The van der Waals surface area contributed by atoms with Crippen LogP contribution >= 0.6 is 58.5 Å². The van der Waals surface area contributed by atoms with E-state index in [1.54, 1.807) is 31.5 Å². The van der Waals surface area contributed by atoms with Crippen molar-refractivity contribution in [1.29, 1.82) is 0 Å². The van der Waals surface area contributed by atoms with Crippen molar-refractivity contribution < 1.29 is 19.1 Å². The molecule has 2 amide bonds. The first-order chi connectivity index (χ1) is 19.8. The van der Waals surface area contributed by atoms with Crippen molar-refractivity contribution in [3.63, 3.8) is 0 Å². The number of methoxy groups -OCH3 is 1. The summed E-state index contributed by atoms with van der Waals surface area (Å²) in [5.74, 6) is 0.601. The van der Waals surface area contributed by atoms with Crippen LogP contribution in [0.1, 0.15) is 48.1 Å². The summed E-state index contributed by atoms with van der Waals surface area (Å²) in [5.41, 5.74) is 1.76. The quantitative estimate of drug-likeness (QED) is 0.189. The molecular formula is C29H27Cl2N3O4S3. The monoisotopic (exact) mass is 647 g/mol. The van der Waals surface area contributed by atoms with E-state index in [1.807, 2.05) is 24.3 Å². The number of nitrogens with one attached hydrogen (secondary N) is 1. The first-order valence-electron chi connectivity index (χ1n) is 13.1. The van der Waals surface area contributed by atoms with Crippen LogP contribution in [0, 0.1) is 0 Å². The lowest BCUT2D eigenvalue weighted by molar-refractivity contribution is -0.126. The molecule has 41 heavy (non-hydrogen) atoms. The highest BCUT2D eigenvalue weighted by atomic mass is 35.5. The molecule has 2 heterocycles. The second-order valence-corrected chi connectivity index (χ2v) is 13.3. The molecule has 0 atom stereocenters. The van der Waals surface area contributed by atoms with Gasteiger partial charge in [-0.15, -0.1) is 11.3 Å². The minimum Gasteiger partial charge on any atom is -0.493 e. The second-order valence-electron chi connectivity index (χ2n) is 9.66. The van der Waals surface area contributed by atoms with E-state index in [0.717, 1.165) is 40.6 Å². The number of carbonyl (C=O) groups is 2. The van der Waals surface area contributed by atoms with Gasteiger partial charge in [0.25, 0.3) is 5.91 Å². The van der Waals surface area contributed by atoms with Crippen LogP contribution in [-0.2, 0) is 16.0 Å². The number of nitrogens with zero attached hydrogens (tertiary/aromatic N) is 2. The summed E-state index contributed by atoms with van der Waals surface area (Å²) >= 11 is 20.0. The van der Waals surface area contributed by atoms with Gasteiger partial charge >= 0.3 is 0 Å². The third-order valence-electron chi connectivity index (χ3n) is 6.67. The SMILES string of the molecule is COc1cc(/C=C2\SC(=S)N(CC(=O)Nc3ncc(Cc4ccc(Cl)c(Cl)c4)s3)C2=O)ccc1OC1CCCCC1. The van der Waals surface area contributed by atoms with Gasteiger partial charge in [-0.1, -0.05) is 65.7 Å². The summed E-state index contributed by atoms with van der Waals surface area (Å²) < 4.78 is 12.1. The summed E-state index contributed by atoms with van der Waals surface area (Å²) in [6.45, 7) is -0.207. The number of rotatable bonds is 9. The van der Waals surface area contributed by atoms with Crippen molar-refractivity contribution in [3.8, 4) is 11.5 Å². The van der Waals surface area contributed by atoms with Gasteiger partial charge in [0.1, 0.15) is 10.9 Å². The number of thiocarbonyl (C=S) groups is 1. The van der Waals surface area contributed by atoms with Crippen molar-refractivity contribution in [2.24, 2.45) is 0 Å². The first-order valence-corrected chi connectivity index (χ1v) is 15.9. The average Bonchev–Trinajstić information content (AvgIpc) is 3.50. The predicted octanol–water partition coefficient (Wildman–Crippen LogP) is 7.60. The molecule has 214 valence electrons. The van der Waals surface area contributed by atoms with E-state index in [-0.39, 0.29) is 24.5 Å². The Kier molecular flexibility index (Phi) is 9.87. The molecule has 2 aliphatic rings. The number of anilines is 1. The molecule has 1 saturated carbocycles. The van der Waals surface area contributed by atoms with Crippen molar-refractivity contribution in [2.45, 2.75) is 44.6 Å². The third kappa shape index (κ3) is 7.61. The normalized spacial score (nSPS) is 16.9. The van der Waals surface area contributed by atoms with Crippen molar-refractivity contribution >= 4 is 85.9 Å². The van der Waals surface area contributed by atoms with Crippen LogP contribution < -0.4 is 14.8 Å². The summed E-state index contributed by atoms with van der Waals surface area (Å²) in [4.78, 5) is 32.9. The van der Waals surface area contributed by atoms with Crippen LogP contribution in [0.5, 0.6) is 11.5 Å². The molecule has 1 aliphatic carbocycles. The fourth-order valence-electron chi connectivity index (χ4n) is 4.62. The summed E-state index contributed by atoms with van der Waals surface area (Å²) in [7, 11) is 1.60. The van der Waals surface area contributed by atoms with Gasteiger partial charge in [-0.25, -0.2) is 4.98 Å². The number of amides is 2. The van der Waals surface area contributed by atoms with Crippen LogP contribution in [0.2, 0.25) is 10.0 Å². The fourth-order valence-corrected chi connectivity index (χ4v) is 7.06. The average molecular weight is 649 g/mol. The molecule has 5 rings (SSSR count). The Bertz CT molecular complexity index is 1500. The fraction of sp³-hybridized carbons (Fsp3) is 0.310. The Labute approximate surface area is 262 Å². The van der Waals surface area contributed by atoms with Gasteiger partial charge in [0.15, 0.2) is 16.6 Å². The maximum absolute atomic E-state index is 13.1. The number of carbonyl (C=O) groups excluding carboxylic acids is 2. The van der Waals surface area contributed by atoms with Crippen LogP contribution in [0.3, 0.4) is 0 Å². The molecule has 1 aliphatic heterocycles. The van der Waals surface area contributed by atoms with Crippen LogP contribution in [0.15, 0.2) is 47.5 Å². The molecule has 2 aromatic carbocycles. The van der Waals surface area contributed by atoms with Crippen molar-refractivity contribution in [3.05, 3.63) is 73.5 Å².